The highest BCUT2D eigenvalue weighted by Crippen LogP contribution is 2.35. The molecule has 8 nitrogen and oxygen atoms in total. The van der Waals surface area contributed by atoms with Crippen molar-refractivity contribution >= 4 is 35.1 Å². The Morgan fingerprint density at radius 2 is 1.86 bits per heavy atom. The van der Waals surface area contributed by atoms with Gasteiger partial charge in [0, 0.05) is 60.5 Å². The molecule has 1 aromatic carbocycles. The summed E-state index contributed by atoms with van der Waals surface area (Å²) in [5, 5.41) is 8.03. The first-order valence-electron chi connectivity index (χ1n) is 12.1. The molecule has 2 amide bonds. The molecule has 1 aromatic heterocycles. The first kappa shape index (κ1) is 26.2. The summed E-state index contributed by atoms with van der Waals surface area (Å²) >= 11 is 5.93. The normalized spacial score (nSPS) is 16.8. The third-order valence-corrected chi connectivity index (χ3v) is 6.83. The molecule has 1 saturated heterocycles. The van der Waals surface area contributed by atoms with E-state index in [0.717, 1.165) is 11.3 Å². The van der Waals surface area contributed by atoms with Crippen LogP contribution in [-0.2, 0) is 22.5 Å². The molecule has 2 aliphatic rings. The summed E-state index contributed by atoms with van der Waals surface area (Å²) < 4.78 is 34.2. The van der Waals surface area contributed by atoms with Gasteiger partial charge in [0.25, 0.3) is 6.43 Å². The van der Waals surface area contributed by atoms with Crippen LogP contribution in [0.5, 0.6) is 0 Å². The zero-order valence-electron chi connectivity index (χ0n) is 21.0. The van der Waals surface area contributed by atoms with E-state index in [2.05, 4.69) is 5.32 Å². The van der Waals surface area contributed by atoms with Crippen molar-refractivity contribution in [1.82, 2.24) is 19.6 Å². The lowest BCUT2D eigenvalue weighted by Crippen LogP contribution is -2.42. The van der Waals surface area contributed by atoms with Gasteiger partial charge in [-0.1, -0.05) is 11.6 Å². The smallest absolute Gasteiger partial charge is 0.410 e. The summed E-state index contributed by atoms with van der Waals surface area (Å²) in [4.78, 5) is 28.0. The lowest BCUT2D eigenvalue weighted by atomic mass is 10.0. The van der Waals surface area contributed by atoms with Crippen LogP contribution in [0.1, 0.15) is 69.8 Å². The van der Waals surface area contributed by atoms with Crippen molar-refractivity contribution in [1.29, 1.82) is 0 Å². The molecule has 36 heavy (non-hydrogen) atoms. The number of carbonyl (C=O) groups excluding carboxylic acids is 2. The predicted molar refractivity (Wildman–Crippen MR) is 133 cm³/mol. The van der Waals surface area contributed by atoms with Gasteiger partial charge in [0.05, 0.1) is 12.6 Å². The standard InChI is InChI=1S/C25H32ClF2N5O3/c1-15(34)32-12-9-21-19(14-32)23(29-16-5-6-20(26)18(13-16)22(27)28)30-33(21)17-7-10-31(11-8-17)24(35)36-25(2,3)4/h5-6,13,17,22H,7-12,14H2,1-4H3,(H,29,30). The van der Waals surface area contributed by atoms with Gasteiger partial charge in [-0.25, -0.2) is 13.6 Å². The Hall–Kier alpha value is -2.88. The van der Waals surface area contributed by atoms with Gasteiger partial charge in [0.2, 0.25) is 5.91 Å². The lowest BCUT2D eigenvalue weighted by molar-refractivity contribution is -0.129. The zero-order valence-corrected chi connectivity index (χ0v) is 21.7. The van der Waals surface area contributed by atoms with E-state index < -0.39 is 12.0 Å². The number of anilines is 2. The maximum Gasteiger partial charge on any atom is 0.410 e. The Morgan fingerprint density at radius 1 is 1.17 bits per heavy atom. The van der Waals surface area contributed by atoms with Gasteiger partial charge < -0.3 is 19.9 Å². The van der Waals surface area contributed by atoms with Crippen molar-refractivity contribution in [2.45, 2.75) is 71.6 Å². The van der Waals surface area contributed by atoms with E-state index in [0.29, 0.717) is 56.9 Å². The number of nitrogens with zero attached hydrogens (tertiary/aromatic N) is 4. The molecule has 1 fully saturated rings. The number of piperidine rings is 1. The minimum atomic E-state index is -2.70. The van der Waals surface area contributed by atoms with Gasteiger partial charge in [-0.3, -0.25) is 9.48 Å². The van der Waals surface area contributed by atoms with E-state index in [1.54, 1.807) is 15.9 Å². The second kappa shape index (κ2) is 10.2. The molecule has 0 bridgehead atoms. The molecule has 3 heterocycles. The van der Waals surface area contributed by atoms with Crippen LogP contribution in [0.2, 0.25) is 5.02 Å². The molecule has 11 heteroatoms. The molecule has 0 spiro atoms. The number of alkyl halides is 2. The second-order valence-corrected chi connectivity index (χ2v) is 10.7. The molecule has 0 unspecified atom stereocenters. The minimum absolute atomic E-state index is 0.00242. The zero-order chi connectivity index (χ0) is 26.2. The number of aromatic nitrogens is 2. The van der Waals surface area contributed by atoms with E-state index in [1.165, 1.54) is 19.1 Å². The molecule has 0 atom stereocenters. The van der Waals surface area contributed by atoms with Crippen molar-refractivity contribution in [3.8, 4) is 0 Å². The number of rotatable bonds is 4. The Bertz CT molecular complexity index is 1140. The van der Waals surface area contributed by atoms with Crippen molar-refractivity contribution < 1.29 is 23.1 Å². The third-order valence-electron chi connectivity index (χ3n) is 6.49. The van der Waals surface area contributed by atoms with Gasteiger partial charge in [0.15, 0.2) is 5.82 Å². The first-order chi connectivity index (χ1) is 16.9. The molecule has 2 aliphatic heterocycles. The van der Waals surface area contributed by atoms with Gasteiger partial charge in [-0.05, 0) is 51.8 Å². The van der Waals surface area contributed by atoms with E-state index >= 15 is 0 Å². The van der Waals surface area contributed by atoms with Gasteiger partial charge in [-0.2, -0.15) is 5.10 Å². The quantitative estimate of drug-likeness (QED) is 0.556. The SMILES string of the molecule is CC(=O)N1CCc2c(c(Nc3ccc(Cl)c(C(F)F)c3)nn2C2CCN(C(=O)OC(C)(C)C)CC2)C1. The molecule has 0 saturated carbocycles. The van der Waals surface area contributed by atoms with Crippen LogP contribution in [0.4, 0.5) is 25.1 Å². The van der Waals surface area contributed by atoms with Crippen molar-refractivity contribution in [3.63, 3.8) is 0 Å². The summed E-state index contributed by atoms with van der Waals surface area (Å²) in [7, 11) is 0. The fraction of sp³-hybridized carbons (Fsp3) is 0.560. The number of nitrogens with one attached hydrogen (secondary N) is 1. The van der Waals surface area contributed by atoms with Crippen LogP contribution in [0.15, 0.2) is 18.2 Å². The van der Waals surface area contributed by atoms with E-state index in [-0.39, 0.29) is 28.6 Å². The third kappa shape index (κ3) is 5.74. The number of fused-ring (bicyclic) bond motifs is 1. The summed E-state index contributed by atoms with van der Waals surface area (Å²) in [6.45, 7) is 9.13. The Labute approximate surface area is 214 Å². The Kier molecular flexibility index (Phi) is 7.45. The van der Waals surface area contributed by atoms with Crippen LogP contribution in [0.25, 0.3) is 0 Å². The molecule has 0 radical (unpaired) electrons. The molecule has 1 N–H and O–H groups in total. The van der Waals surface area contributed by atoms with E-state index in [4.69, 9.17) is 21.4 Å². The highest BCUT2D eigenvalue weighted by Gasteiger charge is 2.32. The predicted octanol–water partition coefficient (Wildman–Crippen LogP) is 5.69. The molecule has 4 rings (SSSR count). The van der Waals surface area contributed by atoms with Crippen LogP contribution in [-0.4, -0.2) is 56.8 Å². The van der Waals surface area contributed by atoms with Gasteiger partial charge >= 0.3 is 6.09 Å². The maximum atomic E-state index is 13.4. The molecule has 0 aliphatic carbocycles. The van der Waals surface area contributed by atoms with Crippen molar-refractivity contribution in [2.75, 3.05) is 25.0 Å². The largest absolute Gasteiger partial charge is 0.444 e. The Balaban J connectivity index is 1.58. The number of benzene rings is 1. The van der Waals surface area contributed by atoms with Crippen molar-refractivity contribution in [2.24, 2.45) is 0 Å². The summed E-state index contributed by atoms with van der Waals surface area (Å²) in [5.74, 6) is 0.504. The van der Waals surface area contributed by atoms with Crippen LogP contribution < -0.4 is 5.32 Å². The van der Waals surface area contributed by atoms with E-state index in [1.807, 2.05) is 25.5 Å². The Morgan fingerprint density at radius 3 is 2.47 bits per heavy atom. The van der Waals surface area contributed by atoms with Crippen LogP contribution in [0.3, 0.4) is 0 Å². The number of ether oxygens (including phenoxy) is 1. The minimum Gasteiger partial charge on any atom is -0.444 e. The first-order valence-corrected chi connectivity index (χ1v) is 12.5. The number of hydrogen-bond donors (Lipinski definition) is 1. The summed E-state index contributed by atoms with van der Waals surface area (Å²) in [5.41, 5.74) is 1.54. The van der Waals surface area contributed by atoms with Crippen LogP contribution >= 0.6 is 11.6 Å². The summed E-state index contributed by atoms with van der Waals surface area (Å²) in [6.07, 6.45) is -0.965. The average molecular weight is 524 g/mol. The van der Waals surface area contributed by atoms with Crippen LogP contribution in [0, 0.1) is 0 Å². The monoisotopic (exact) mass is 523 g/mol. The number of carbonyl (C=O) groups is 2. The van der Waals surface area contributed by atoms with E-state index in [9.17, 15) is 18.4 Å². The molecular formula is C25H32ClF2N5O3. The maximum absolute atomic E-state index is 13.4. The fourth-order valence-corrected chi connectivity index (χ4v) is 4.86. The topological polar surface area (TPSA) is 79.7 Å². The highest BCUT2D eigenvalue weighted by molar-refractivity contribution is 6.31. The van der Waals surface area contributed by atoms with Gasteiger partial charge in [-0.15, -0.1) is 0 Å². The molecule has 196 valence electrons. The summed E-state index contributed by atoms with van der Waals surface area (Å²) in [6, 6.07) is 4.45. The number of hydrogen-bond acceptors (Lipinski definition) is 5. The molecule has 2 aromatic rings. The average Bonchev–Trinajstić information content (AvgIpc) is 3.16. The highest BCUT2D eigenvalue weighted by atomic mass is 35.5. The number of likely N-dealkylation sites (tertiary alicyclic amines) is 1. The second-order valence-electron chi connectivity index (χ2n) is 10.3. The van der Waals surface area contributed by atoms with Gasteiger partial charge in [0.1, 0.15) is 5.60 Å². The molecular weight excluding hydrogens is 492 g/mol. The fourth-order valence-electron chi connectivity index (χ4n) is 4.66. The lowest BCUT2D eigenvalue weighted by Gasteiger charge is -2.34. The van der Waals surface area contributed by atoms with Crippen molar-refractivity contribution in [3.05, 3.63) is 40.0 Å². The number of halogens is 3. The number of amides is 2.